The van der Waals surface area contributed by atoms with E-state index in [1.165, 1.54) is 27.6 Å². The quantitative estimate of drug-likeness (QED) is 0.133. The predicted octanol–water partition coefficient (Wildman–Crippen LogP) is 8.23. The first-order chi connectivity index (χ1) is 23.7. The fourth-order valence-corrected chi connectivity index (χ4v) is 7.76. The zero-order chi connectivity index (χ0) is 31.8. The second kappa shape index (κ2) is 11.1. The summed E-state index contributed by atoms with van der Waals surface area (Å²) in [6.07, 6.45) is 5.27. The third-order valence-electron chi connectivity index (χ3n) is 9.70. The molecule has 6 nitrogen and oxygen atoms in total. The molecule has 0 saturated heterocycles. The number of pyridine rings is 1. The van der Waals surface area contributed by atoms with E-state index < -0.39 is 5.41 Å². The Morgan fingerprint density at radius 3 is 2.14 bits per heavy atom. The van der Waals surface area contributed by atoms with Crippen LogP contribution in [0.2, 0.25) is 0 Å². The predicted molar refractivity (Wildman–Crippen MR) is 188 cm³/mol. The number of nitrogens with zero attached hydrogens (tertiary/aromatic N) is 6. The van der Waals surface area contributed by atoms with Gasteiger partial charge < -0.3 is 4.57 Å². The molecule has 0 N–H and O–H groups in total. The molecule has 0 amide bonds. The number of para-hydroxylation sites is 1. The number of hydrogen-bond acceptors (Lipinski definition) is 3. The van der Waals surface area contributed by atoms with Crippen molar-refractivity contribution in [2.45, 2.75) is 5.41 Å². The van der Waals surface area contributed by atoms with Crippen LogP contribution >= 0.6 is 0 Å². The van der Waals surface area contributed by atoms with Gasteiger partial charge in [0.25, 0.3) is 0 Å². The van der Waals surface area contributed by atoms with Crippen molar-refractivity contribution in [1.82, 2.24) is 24.1 Å². The normalized spacial score (nSPS) is 13.7. The molecule has 1 aliphatic heterocycles. The fraction of sp³-hybridized carbons (Fsp3) is 0.0476. The SMILES string of the molecule is C[N+]1=C=[N+](c2[c-]c(C3(c4[c-]cc5c(c4)c4ccccc4n5-c4ccccn4)c4ccccc4-c4ccccc43)ccc2)c2nccnc21.[Pt+2]. The van der Waals surface area contributed by atoms with Crippen LogP contribution in [0.4, 0.5) is 17.3 Å². The molecule has 10 rings (SSSR count). The molecule has 0 bridgehead atoms. The number of fused-ring (bicyclic) bond motifs is 7. The van der Waals surface area contributed by atoms with Crippen LogP contribution < -0.4 is 4.58 Å². The van der Waals surface area contributed by atoms with E-state index in [0.717, 1.165) is 50.7 Å². The maximum absolute atomic E-state index is 4.73. The van der Waals surface area contributed by atoms with Crippen molar-refractivity contribution in [3.63, 3.8) is 0 Å². The van der Waals surface area contributed by atoms with Gasteiger partial charge in [0, 0.05) is 22.1 Å². The van der Waals surface area contributed by atoms with E-state index >= 15 is 0 Å². The molecule has 49 heavy (non-hydrogen) atoms. The standard InChI is InChI=1S/C42H26N6.Pt/c1-46-27-47(41-40(46)44-23-24-45-41)30-12-10-11-28(25-30)42(35-16-5-2-13-31(35)32-14-3-6-17-36(32)42)29-20-21-38-34(26-29)33-15-4-7-18-37(33)48(38)39-19-8-9-22-43-39;/h2-19,21-24,26H,1H3;/q;+2. The summed E-state index contributed by atoms with van der Waals surface area (Å²) in [6.45, 7) is 0. The molecule has 3 aromatic heterocycles. The fourth-order valence-electron chi connectivity index (χ4n) is 7.76. The average molecular weight is 810 g/mol. The van der Waals surface area contributed by atoms with Crippen molar-refractivity contribution in [1.29, 1.82) is 0 Å². The molecule has 0 fully saturated rings. The van der Waals surface area contributed by atoms with Crippen molar-refractivity contribution in [3.8, 4) is 16.9 Å². The van der Waals surface area contributed by atoms with Crippen molar-refractivity contribution in [2.75, 3.05) is 7.05 Å². The molecule has 232 valence electrons. The zero-order valence-corrected chi connectivity index (χ0v) is 28.6. The monoisotopic (exact) mass is 809 g/mol. The Morgan fingerprint density at radius 2 is 1.37 bits per heavy atom. The van der Waals surface area contributed by atoms with Crippen LogP contribution in [0.15, 0.2) is 140 Å². The third-order valence-corrected chi connectivity index (χ3v) is 9.70. The maximum atomic E-state index is 4.73. The molecule has 7 heteroatoms. The van der Waals surface area contributed by atoms with Crippen LogP contribution in [0.5, 0.6) is 0 Å². The minimum atomic E-state index is -0.692. The molecule has 4 heterocycles. The molecular weight excluding hydrogens is 784 g/mol. The zero-order valence-electron chi connectivity index (χ0n) is 26.3. The van der Waals surface area contributed by atoms with E-state index in [2.05, 4.69) is 142 Å². The van der Waals surface area contributed by atoms with Crippen molar-refractivity contribution >= 4 is 45.1 Å². The molecule has 0 radical (unpaired) electrons. The summed E-state index contributed by atoms with van der Waals surface area (Å²) in [5.74, 6) is 2.36. The Morgan fingerprint density at radius 1 is 0.653 bits per heavy atom. The van der Waals surface area contributed by atoms with E-state index in [1.807, 2.05) is 34.5 Å². The van der Waals surface area contributed by atoms with Gasteiger partial charge in [-0.05, 0) is 45.8 Å². The van der Waals surface area contributed by atoms with Crippen molar-refractivity contribution < 1.29 is 25.6 Å². The molecule has 1 aliphatic carbocycles. The van der Waals surface area contributed by atoms with Gasteiger partial charge in [-0.15, -0.1) is 37.8 Å². The number of hydrogen-bond donors (Lipinski definition) is 0. The summed E-state index contributed by atoms with van der Waals surface area (Å²) in [7, 11) is 1.94. The molecule has 0 saturated carbocycles. The summed E-state index contributed by atoms with van der Waals surface area (Å²) in [5, 5.41) is 2.31. The third kappa shape index (κ3) is 4.09. The first-order valence-corrected chi connectivity index (χ1v) is 15.9. The molecule has 0 atom stereocenters. The van der Waals surface area contributed by atoms with Gasteiger partial charge in [-0.1, -0.05) is 78.3 Å². The first-order valence-electron chi connectivity index (χ1n) is 15.9. The second-order valence-corrected chi connectivity index (χ2v) is 12.2. The minimum absolute atomic E-state index is 0. The van der Waals surface area contributed by atoms with Crippen LogP contribution in [-0.2, 0) is 26.5 Å². The second-order valence-electron chi connectivity index (χ2n) is 12.2. The summed E-state index contributed by atoms with van der Waals surface area (Å²) in [4.78, 5) is 13.9. The van der Waals surface area contributed by atoms with Crippen LogP contribution in [0.3, 0.4) is 0 Å². The Hall–Kier alpha value is -5.80. The molecule has 0 unspecified atom stereocenters. The smallest absolute Gasteiger partial charge is 0.349 e. The van der Waals surface area contributed by atoms with Gasteiger partial charge in [0.1, 0.15) is 12.9 Å². The Balaban J connectivity index is 0.00000325. The number of rotatable bonds is 4. The molecular formula is C42H26N6Pt+2. The minimum Gasteiger partial charge on any atom is -0.349 e. The van der Waals surface area contributed by atoms with Gasteiger partial charge in [0.2, 0.25) is 0 Å². The van der Waals surface area contributed by atoms with E-state index in [1.54, 1.807) is 12.4 Å². The largest absolute Gasteiger partial charge is 2.00 e. The Labute approximate surface area is 297 Å². The number of aromatic nitrogens is 4. The Kier molecular flexibility index (Phi) is 6.67. The van der Waals surface area contributed by atoms with Crippen LogP contribution in [0, 0.1) is 12.1 Å². The summed E-state index contributed by atoms with van der Waals surface area (Å²) in [5.41, 5.74) is 9.22. The Bertz CT molecular complexity index is 2640. The molecule has 5 aromatic carbocycles. The van der Waals surface area contributed by atoms with Crippen LogP contribution in [0.1, 0.15) is 22.3 Å². The van der Waals surface area contributed by atoms with Gasteiger partial charge in [0.15, 0.2) is 6.20 Å². The molecule has 2 aliphatic rings. The van der Waals surface area contributed by atoms with Crippen LogP contribution in [-0.4, -0.2) is 37.2 Å². The summed E-state index contributed by atoms with van der Waals surface area (Å²) in [6, 6.07) is 54.0. The van der Waals surface area contributed by atoms with Gasteiger partial charge in [-0.3, -0.25) is 0 Å². The van der Waals surface area contributed by atoms with Crippen molar-refractivity contribution in [2.24, 2.45) is 0 Å². The van der Waals surface area contributed by atoms with E-state index in [4.69, 9.17) is 4.98 Å². The van der Waals surface area contributed by atoms with Gasteiger partial charge in [0.05, 0.1) is 11.9 Å². The summed E-state index contributed by atoms with van der Waals surface area (Å²) >= 11 is 0. The first kappa shape index (κ1) is 29.3. The van der Waals surface area contributed by atoms with Crippen molar-refractivity contribution in [3.05, 3.63) is 174 Å². The van der Waals surface area contributed by atoms with E-state index in [9.17, 15) is 0 Å². The summed E-state index contributed by atoms with van der Waals surface area (Å²) < 4.78 is 6.05. The van der Waals surface area contributed by atoms with Gasteiger partial charge >= 0.3 is 38.7 Å². The van der Waals surface area contributed by atoms with E-state index in [0.29, 0.717) is 0 Å². The number of benzene rings is 5. The maximum Gasteiger partial charge on any atom is 2.00 e. The van der Waals surface area contributed by atoms with Crippen LogP contribution in [0.25, 0.3) is 38.8 Å². The van der Waals surface area contributed by atoms with E-state index in [-0.39, 0.29) is 21.1 Å². The van der Waals surface area contributed by atoms with Gasteiger partial charge in [-0.2, -0.15) is 35.3 Å². The molecule has 8 aromatic rings. The average Bonchev–Trinajstić information content (AvgIpc) is 3.78. The van der Waals surface area contributed by atoms with Gasteiger partial charge in [-0.25, -0.2) is 4.98 Å². The molecule has 0 spiro atoms. The topological polar surface area (TPSA) is 49.6 Å².